The van der Waals surface area contributed by atoms with E-state index in [2.05, 4.69) is 10.3 Å². The number of nitrogens with zero attached hydrogens (tertiary/aromatic N) is 4. The van der Waals surface area contributed by atoms with Gasteiger partial charge < -0.3 is 5.32 Å². The molecular formula is C18H18F3N5O2. The lowest BCUT2D eigenvalue weighted by Crippen LogP contribution is -2.41. The van der Waals surface area contributed by atoms with Crippen LogP contribution in [0.4, 0.5) is 24.7 Å². The van der Waals surface area contributed by atoms with Gasteiger partial charge in [0, 0.05) is 24.1 Å². The highest BCUT2D eigenvalue weighted by Gasteiger charge is 2.32. The van der Waals surface area contributed by atoms with Gasteiger partial charge in [-0.2, -0.15) is 18.4 Å². The number of nitro benzene ring substituents is 1. The Kier molecular flexibility index (Phi) is 5.65. The number of benzene rings is 1. The van der Waals surface area contributed by atoms with Gasteiger partial charge in [0.05, 0.1) is 28.6 Å². The third-order valence-corrected chi connectivity index (χ3v) is 4.81. The molecule has 1 aromatic heterocycles. The Morgan fingerprint density at radius 1 is 1.32 bits per heavy atom. The van der Waals surface area contributed by atoms with Crippen molar-refractivity contribution >= 4 is 22.4 Å². The fourth-order valence-electron chi connectivity index (χ4n) is 3.36. The first kappa shape index (κ1) is 19.8. The molecule has 148 valence electrons. The molecule has 1 saturated heterocycles. The number of hydrogen-bond acceptors (Lipinski definition) is 6. The molecule has 0 amide bonds. The summed E-state index contributed by atoms with van der Waals surface area (Å²) < 4.78 is 37.3. The highest BCUT2D eigenvalue weighted by atomic mass is 19.4. The van der Waals surface area contributed by atoms with Crippen LogP contribution in [0.15, 0.2) is 24.3 Å². The second-order valence-electron chi connectivity index (χ2n) is 6.84. The molecule has 0 saturated carbocycles. The van der Waals surface area contributed by atoms with E-state index in [0.29, 0.717) is 49.2 Å². The summed E-state index contributed by atoms with van der Waals surface area (Å²) in [7, 11) is 0. The molecule has 3 rings (SSSR count). The normalized spacial score (nSPS) is 16.1. The molecule has 28 heavy (non-hydrogen) atoms. The third-order valence-electron chi connectivity index (χ3n) is 4.81. The second kappa shape index (κ2) is 7.98. The highest BCUT2D eigenvalue weighted by molar-refractivity contribution is 5.88. The van der Waals surface area contributed by atoms with E-state index in [1.807, 2.05) is 6.07 Å². The molecule has 7 nitrogen and oxygen atoms in total. The van der Waals surface area contributed by atoms with Crippen molar-refractivity contribution in [3.63, 3.8) is 0 Å². The van der Waals surface area contributed by atoms with E-state index in [1.54, 1.807) is 0 Å². The van der Waals surface area contributed by atoms with Gasteiger partial charge in [-0.25, -0.2) is 4.98 Å². The Balaban J connectivity index is 1.65. The van der Waals surface area contributed by atoms with Crippen molar-refractivity contribution in [2.45, 2.75) is 19.0 Å². The van der Waals surface area contributed by atoms with E-state index in [-0.39, 0.29) is 17.2 Å². The van der Waals surface area contributed by atoms with E-state index in [0.717, 1.165) is 0 Å². The molecule has 2 heterocycles. The van der Waals surface area contributed by atoms with Crippen LogP contribution in [-0.4, -0.2) is 47.2 Å². The molecule has 10 heteroatoms. The summed E-state index contributed by atoms with van der Waals surface area (Å²) in [6, 6.07) is 7.70. The third kappa shape index (κ3) is 4.86. The van der Waals surface area contributed by atoms with Gasteiger partial charge in [0.1, 0.15) is 5.82 Å². The van der Waals surface area contributed by atoms with Crippen molar-refractivity contribution < 1.29 is 18.1 Å². The van der Waals surface area contributed by atoms with Gasteiger partial charge in [-0.3, -0.25) is 15.0 Å². The van der Waals surface area contributed by atoms with Crippen molar-refractivity contribution in [2.75, 3.05) is 31.5 Å². The molecule has 1 N–H and O–H groups in total. The molecular weight excluding hydrogens is 375 g/mol. The monoisotopic (exact) mass is 393 g/mol. The number of nitriles is 1. The SMILES string of the molecule is N#Cc1cc(NCC2CCN(CC(F)(F)F)CC2)nc2ccc([N+](=O)[O-])cc12. The average molecular weight is 393 g/mol. The number of alkyl halides is 3. The van der Waals surface area contributed by atoms with Crippen molar-refractivity contribution in [3.8, 4) is 6.07 Å². The first-order valence-corrected chi connectivity index (χ1v) is 8.77. The van der Waals surface area contributed by atoms with Gasteiger partial charge in [0.25, 0.3) is 5.69 Å². The Bertz CT molecular complexity index is 918. The molecule has 0 aliphatic carbocycles. The summed E-state index contributed by atoms with van der Waals surface area (Å²) in [6.45, 7) is 0.446. The summed E-state index contributed by atoms with van der Waals surface area (Å²) in [4.78, 5) is 16.2. The van der Waals surface area contributed by atoms with Gasteiger partial charge in [0.15, 0.2) is 0 Å². The van der Waals surface area contributed by atoms with Crippen LogP contribution < -0.4 is 5.32 Å². The first-order valence-electron chi connectivity index (χ1n) is 8.77. The Morgan fingerprint density at radius 3 is 2.64 bits per heavy atom. The van der Waals surface area contributed by atoms with Crippen LogP contribution in [0.1, 0.15) is 18.4 Å². The number of non-ortho nitro benzene ring substituents is 1. The number of nitro groups is 1. The summed E-state index contributed by atoms with van der Waals surface area (Å²) in [5.74, 6) is 0.681. The predicted octanol–water partition coefficient (Wildman–Crippen LogP) is 3.70. The van der Waals surface area contributed by atoms with Crippen LogP contribution in [0.2, 0.25) is 0 Å². The number of fused-ring (bicyclic) bond motifs is 1. The maximum Gasteiger partial charge on any atom is 0.401 e. The standard InChI is InChI=1S/C18H18F3N5O2/c19-18(20,21)11-25-5-3-12(4-6-25)10-23-17-7-13(9-22)15-8-14(26(27)28)1-2-16(15)24-17/h1-2,7-8,12H,3-6,10-11H2,(H,23,24). The number of anilines is 1. The topological polar surface area (TPSA) is 95.1 Å². The van der Waals surface area contributed by atoms with E-state index in [4.69, 9.17) is 0 Å². The summed E-state index contributed by atoms with van der Waals surface area (Å²) >= 11 is 0. The molecule has 1 aromatic carbocycles. The van der Waals surface area contributed by atoms with Gasteiger partial charge in [-0.1, -0.05) is 0 Å². The quantitative estimate of drug-likeness (QED) is 0.615. The molecule has 0 spiro atoms. The number of halogens is 3. The van der Waals surface area contributed by atoms with Crippen LogP contribution in [0.3, 0.4) is 0 Å². The van der Waals surface area contributed by atoms with Crippen LogP contribution in [0.25, 0.3) is 10.9 Å². The zero-order chi connectivity index (χ0) is 20.3. The molecule has 0 atom stereocenters. The second-order valence-corrected chi connectivity index (χ2v) is 6.84. The summed E-state index contributed by atoms with van der Waals surface area (Å²) in [5.41, 5.74) is 0.625. The Morgan fingerprint density at radius 2 is 2.04 bits per heavy atom. The zero-order valence-electron chi connectivity index (χ0n) is 14.9. The number of pyridine rings is 1. The van der Waals surface area contributed by atoms with E-state index < -0.39 is 17.6 Å². The number of piperidine rings is 1. The fraction of sp³-hybridized carbons (Fsp3) is 0.444. The van der Waals surface area contributed by atoms with Gasteiger partial charge in [0.2, 0.25) is 0 Å². The molecule has 0 unspecified atom stereocenters. The Labute approximate surface area is 158 Å². The number of nitrogens with one attached hydrogen (secondary N) is 1. The molecule has 1 aliphatic heterocycles. The van der Waals surface area contributed by atoms with E-state index >= 15 is 0 Å². The number of hydrogen-bond donors (Lipinski definition) is 1. The van der Waals surface area contributed by atoms with Gasteiger partial charge >= 0.3 is 6.18 Å². The highest BCUT2D eigenvalue weighted by Crippen LogP contribution is 2.26. The largest absolute Gasteiger partial charge is 0.401 e. The number of aromatic nitrogens is 1. The maximum absolute atomic E-state index is 12.4. The lowest BCUT2D eigenvalue weighted by Gasteiger charge is -2.32. The molecule has 0 radical (unpaired) electrons. The van der Waals surface area contributed by atoms with Crippen molar-refractivity contribution in [1.82, 2.24) is 9.88 Å². The smallest absolute Gasteiger partial charge is 0.370 e. The van der Waals surface area contributed by atoms with Gasteiger partial charge in [-0.05, 0) is 44.0 Å². The van der Waals surface area contributed by atoms with E-state index in [9.17, 15) is 28.5 Å². The van der Waals surface area contributed by atoms with Crippen molar-refractivity contribution in [1.29, 1.82) is 5.26 Å². The minimum Gasteiger partial charge on any atom is -0.370 e. The molecule has 1 aliphatic rings. The molecule has 0 bridgehead atoms. The number of likely N-dealkylation sites (tertiary alicyclic amines) is 1. The summed E-state index contributed by atoms with van der Waals surface area (Å²) in [6.07, 6.45) is -2.88. The minimum absolute atomic E-state index is 0.114. The average Bonchev–Trinajstić information content (AvgIpc) is 2.65. The van der Waals surface area contributed by atoms with Crippen LogP contribution in [0.5, 0.6) is 0 Å². The van der Waals surface area contributed by atoms with Crippen LogP contribution >= 0.6 is 0 Å². The lowest BCUT2D eigenvalue weighted by molar-refractivity contribution is -0.384. The van der Waals surface area contributed by atoms with Crippen LogP contribution in [0, 0.1) is 27.4 Å². The van der Waals surface area contributed by atoms with E-state index in [1.165, 1.54) is 29.2 Å². The first-order chi connectivity index (χ1) is 13.2. The fourth-order valence-corrected chi connectivity index (χ4v) is 3.36. The predicted molar refractivity (Wildman–Crippen MR) is 96.8 cm³/mol. The molecule has 2 aromatic rings. The summed E-state index contributed by atoms with van der Waals surface area (Å²) in [5, 5.41) is 23.8. The zero-order valence-corrected chi connectivity index (χ0v) is 14.9. The minimum atomic E-state index is -4.18. The van der Waals surface area contributed by atoms with Crippen LogP contribution in [-0.2, 0) is 0 Å². The van der Waals surface area contributed by atoms with Crippen molar-refractivity contribution in [2.24, 2.45) is 5.92 Å². The Hall–Kier alpha value is -2.93. The molecule has 1 fully saturated rings. The lowest BCUT2D eigenvalue weighted by atomic mass is 9.97. The maximum atomic E-state index is 12.4. The van der Waals surface area contributed by atoms with Crippen molar-refractivity contribution in [3.05, 3.63) is 39.9 Å². The van der Waals surface area contributed by atoms with Gasteiger partial charge in [-0.15, -0.1) is 0 Å². The number of rotatable bonds is 5.